The molecule has 1 N–H and O–H groups in total. The third-order valence-corrected chi connectivity index (χ3v) is 5.27. The molecule has 1 atom stereocenters. The molecule has 0 aromatic carbocycles. The molecule has 0 aliphatic carbocycles. The quantitative estimate of drug-likeness (QED) is 0.906. The fourth-order valence-electron chi connectivity index (χ4n) is 3.55. The predicted octanol–water partition coefficient (Wildman–Crippen LogP) is 2.66. The number of carbonyl (C=O) groups excluding carboxylic acids is 1. The summed E-state index contributed by atoms with van der Waals surface area (Å²) in [5.74, 6) is 2.03. The number of hydrogen-bond donors (Lipinski definition) is 1. The summed E-state index contributed by atoms with van der Waals surface area (Å²) >= 11 is 0. The summed E-state index contributed by atoms with van der Waals surface area (Å²) < 4.78 is 11.2. The van der Waals surface area contributed by atoms with Gasteiger partial charge in [0.1, 0.15) is 11.5 Å². The van der Waals surface area contributed by atoms with Crippen LogP contribution in [0.4, 0.5) is 0 Å². The number of ether oxygens (including phenoxy) is 1. The first-order valence-electron chi connectivity index (χ1n) is 8.75. The highest BCUT2D eigenvalue weighted by atomic mass is 16.5. The predicted molar refractivity (Wildman–Crippen MR) is 88.2 cm³/mol. The van der Waals surface area contributed by atoms with Crippen molar-refractivity contribution in [2.45, 2.75) is 45.6 Å². The number of nitrogens with zero attached hydrogens (tertiary/aromatic N) is 1. The van der Waals surface area contributed by atoms with E-state index in [4.69, 9.17) is 9.15 Å². The fraction of sp³-hybridized carbons (Fsp3) is 0.722. The Balaban J connectivity index is 1.65. The number of carbonyl (C=O) groups is 1. The Morgan fingerprint density at radius 3 is 2.61 bits per heavy atom. The molecule has 2 saturated heterocycles. The van der Waals surface area contributed by atoms with Crippen molar-refractivity contribution >= 4 is 5.91 Å². The van der Waals surface area contributed by atoms with E-state index in [-0.39, 0.29) is 17.4 Å². The first-order valence-corrected chi connectivity index (χ1v) is 8.75. The van der Waals surface area contributed by atoms with Crippen molar-refractivity contribution in [1.82, 2.24) is 10.2 Å². The minimum absolute atomic E-state index is 0.138. The van der Waals surface area contributed by atoms with Crippen LogP contribution in [-0.2, 0) is 9.53 Å². The van der Waals surface area contributed by atoms with E-state index < -0.39 is 0 Å². The van der Waals surface area contributed by atoms with Crippen LogP contribution in [0.25, 0.3) is 0 Å². The van der Waals surface area contributed by atoms with Gasteiger partial charge in [-0.25, -0.2) is 0 Å². The summed E-state index contributed by atoms with van der Waals surface area (Å²) in [6.45, 7) is 8.13. The Morgan fingerprint density at radius 1 is 1.30 bits per heavy atom. The molecule has 1 amide bonds. The third-order valence-electron chi connectivity index (χ3n) is 5.27. The molecule has 1 aromatic rings. The molecular formula is C18H28N2O3. The Hall–Kier alpha value is -1.33. The third kappa shape index (κ3) is 3.78. The molecule has 0 bridgehead atoms. The fourth-order valence-corrected chi connectivity index (χ4v) is 3.55. The number of aryl methyl sites for hydroxylation is 1. The lowest BCUT2D eigenvalue weighted by Crippen LogP contribution is -2.45. The van der Waals surface area contributed by atoms with E-state index in [1.165, 1.54) is 12.8 Å². The minimum Gasteiger partial charge on any atom is -0.465 e. The zero-order valence-electron chi connectivity index (χ0n) is 14.3. The van der Waals surface area contributed by atoms with Gasteiger partial charge in [-0.3, -0.25) is 9.69 Å². The zero-order chi connectivity index (χ0) is 16.3. The summed E-state index contributed by atoms with van der Waals surface area (Å²) in [5.41, 5.74) is -0.299. The zero-order valence-corrected chi connectivity index (χ0v) is 14.3. The maximum absolute atomic E-state index is 12.7. The van der Waals surface area contributed by atoms with Crippen molar-refractivity contribution in [1.29, 1.82) is 0 Å². The van der Waals surface area contributed by atoms with E-state index >= 15 is 0 Å². The smallest absolute Gasteiger partial charge is 0.226 e. The van der Waals surface area contributed by atoms with Gasteiger partial charge in [-0.2, -0.15) is 0 Å². The number of amides is 1. The van der Waals surface area contributed by atoms with E-state index in [0.29, 0.717) is 19.8 Å². The number of hydrogen-bond acceptors (Lipinski definition) is 4. The monoisotopic (exact) mass is 320 g/mol. The largest absolute Gasteiger partial charge is 0.465 e. The van der Waals surface area contributed by atoms with E-state index in [1.54, 1.807) is 0 Å². The average molecular weight is 320 g/mol. The molecule has 0 radical (unpaired) electrons. The first-order chi connectivity index (χ1) is 11.1. The van der Waals surface area contributed by atoms with Crippen molar-refractivity contribution in [3.05, 3.63) is 23.7 Å². The Kier molecular flexibility index (Phi) is 5.07. The van der Waals surface area contributed by atoms with Gasteiger partial charge in [0.25, 0.3) is 0 Å². The molecule has 128 valence electrons. The summed E-state index contributed by atoms with van der Waals surface area (Å²) in [5, 5.41) is 3.18. The standard InChI is InChI=1S/C18H28N2O3/c1-14-5-6-16(23-14)15(20-9-3-4-10-20)13-19-17(21)18(2)7-11-22-12-8-18/h5-6,15H,3-4,7-13H2,1-2H3,(H,19,21). The second-order valence-corrected chi connectivity index (χ2v) is 7.09. The van der Waals surface area contributed by atoms with Crippen LogP contribution in [0.2, 0.25) is 0 Å². The summed E-state index contributed by atoms with van der Waals surface area (Å²) in [6.07, 6.45) is 4.04. The van der Waals surface area contributed by atoms with Crippen LogP contribution in [0.1, 0.15) is 50.2 Å². The normalized spacial score (nSPS) is 22.9. The maximum atomic E-state index is 12.7. The van der Waals surface area contributed by atoms with Crippen molar-refractivity contribution < 1.29 is 13.9 Å². The van der Waals surface area contributed by atoms with Gasteiger partial charge in [0.05, 0.1) is 11.5 Å². The van der Waals surface area contributed by atoms with E-state index in [0.717, 1.165) is 37.5 Å². The lowest BCUT2D eigenvalue weighted by Gasteiger charge is -2.33. The molecule has 2 aliphatic rings. The van der Waals surface area contributed by atoms with Crippen LogP contribution in [0.3, 0.4) is 0 Å². The molecule has 0 spiro atoms. The van der Waals surface area contributed by atoms with Gasteiger partial charge in [-0.15, -0.1) is 0 Å². The summed E-state index contributed by atoms with van der Waals surface area (Å²) in [4.78, 5) is 15.1. The average Bonchev–Trinajstić information content (AvgIpc) is 3.20. The van der Waals surface area contributed by atoms with Gasteiger partial charge in [-0.05, 0) is 57.8 Å². The Morgan fingerprint density at radius 2 is 2.00 bits per heavy atom. The highest BCUT2D eigenvalue weighted by Gasteiger charge is 2.36. The minimum atomic E-state index is -0.299. The molecule has 3 rings (SSSR count). The molecular weight excluding hydrogens is 292 g/mol. The van der Waals surface area contributed by atoms with Crippen LogP contribution in [-0.4, -0.2) is 43.7 Å². The molecule has 0 saturated carbocycles. The second kappa shape index (κ2) is 7.05. The summed E-state index contributed by atoms with van der Waals surface area (Å²) in [6, 6.07) is 4.18. The highest BCUT2D eigenvalue weighted by molar-refractivity contribution is 5.82. The van der Waals surface area contributed by atoms with E-state index in [9.17, 15) is 4.79 Å². The van der Waals surface area contributed by atoms with Gasteiger partial charge < -0.3 is 14.5 Å². The van der Waals surface area contributed by atoms with Crippen molar-refractivity contribution in [2.75, 3.05) is 32.8 Å². The number of rotatable bonds is 5. The molecule has 2 aliphatic heterocycles. The Labute approximate surface area is 138 Å². The molecule has 23 heavy (non-hydrogen) atoms. The SMILES string of the molecule is Cc1ccc(C(CNC(=O)C2(C)CCOCC2)N2CCCC2)o1. The Bertz CT molecular complexity index is 528. The van der Waals surface area contributed by atoms with Gasteiger partial charge >= 0.3 is 0 Å². The lowest BCUT2D eigenvalue weighted by atomic mass is 9.81. The van der Waals surface area contributed by atoms with Crippen LogP contribution >= 0.6 is 0 Å². The first kappa shape index (κ1) is 16.5. The molecule has 3 heterocycles. The van der Waals surface area contributed by atoms with E-state index in [2.05, 4.69) is 10.2 Å². The van der Waals surface area contributed by atoms with Gasteiger partial charge in [-0.1, -0.05) is 6.92 Å². The molecule has 1 unspecified atom stereocenters. The molecule has 5 nitrogen and oxygen atoms in total. The second-order valence-electron chi connectivity index (χ2n) is 7.09. The van der Waals surface area contributed by atoms with Crippen molar-refractivity contribution in [3.8, 4) is 0 Å². The molecule has 2 fully saturated rings. The lowest BCUT2D eigenvalue weighted by molar-refractivity contribution is -0.135. The maximum Gasteiger partial charge on any atom is 0.226 e. The topological polar surface area (TPSA) is 54.7 Å². The molecule has 5 heteroatoms. The van der Waals surface area contributed by atoms with Crippen molar-refractivity contribution in [2.24, 2.45) is 5.41 Å². The number of nitrogens with one attached hydrogen (secondary N) is 1. The number of likely N-dealkylation sites (tertiary alicyclic amines) is 1. The molecule has 1 aromatic heterocycles. The van der Waals surface area contributed by atoms with E-state index in [1.807, 2.05) is 26.0 Å². The van der Waals surface area contributed by atoms with Crippen LogP contribution < -0.4 is 5.32 Å². The highest BCUT2D eigenvalue weighted by Crippen LogP contribution is 2.31. The van der Waals surface area contributed by atoms with Crippen LogP contribution in [0.5, 0.6) is 0 Å². The van der Waals surface area contributed by atoms with Gasteiger partial charge in [0, 0.05) is 19.8 Å². The summed E-state index contributed by atoms with van der Waals surface area (Å²) in [7, 11) is 0. The van der Waals surface area contributed by atoms with Crippen LogP contribution in [0, 0.1) is 12.3 Å². The van der Waals surface area contributed by atoms with Crippen molar-refractivity contribution in [3.63, 3.8) is 0 Å². The van der Waals surface area contributed by atoms with Gasteiger partial charge in [0.15, 0.2) is 0 Å². The van der Waals surface area contributed by atoms with Gasteiger partial charge in [0.2, 0.25) is 5.91 Å². The van der Waals surface area contributed by atoms with Crippen LogP contribution in [0.15, 0.2) is 16.5 Å². The number of furan rings is 1.